The molecule has 0 aromatic heterocycles. The van der Waals surface area contributed by atoms with E-state index >= 15 is 0 Å². The topological polar surface area (TPSA) is 84.9 Å². The van der Waals surface area contributed by atoms with Gasteiger partial charge in [0.15, 0.2) is 6.61 Å². The highest BCUT2D eigenvalue weighted by atomic mass is 16.5. The molecule has 1 aromatic carbocycles. The van der Waals surface area contributed by atoms with Crippen molar-refractivity contribution in [1.29, 1.82) is 0 Å². The van der Waals surface area contributed by atoms with Crippen LogP contribution in [0.1, 0.15) is 50.5 Å². The molecule has 0 radical (unpaired) electrons. The second kappa shape index (κ2) is 9.51. The molecule has 4 aliphatic rings. The van der Waals surface area contributed by atoms with E-state index in [1.165, 1.54) is 24.2 Å². The predicted molar refractivity (Wildman–Crippen MR) is 119 cm³/mol. The Labute approximate surface area is 189 Å². The molecule has 4 saturated carbocycles. The van der Waals surface area contributed by atoms with Gasteiger partial charge in [-0.2, -0.15) is 0 Å². The molecular weight excluding hydrogens is 408 g/mol. The summed E-state index contributed by atoms with van der Waals surface area (Å²) in [6.45, 7) is 0.380. The minimum atomic E-state index is -0.470. The number of likely N-dealkylation sites (N-methyl/N-ethyl adjacent to an activating group) is 1. The number of benzene rings is 1. The minimum absolute atomic E-state index is 0.0770. The highest BCUT2D eigenvalue weighted by molar-refractivity contribution is 5.84. The van der Waals surface area contributed by atoms with Crippen molar-refractivity contribution < 1.29 is 23.9 Å². The maximum Gasteiger partial charge on any atom is 0.308 e. The third-order valence-corrected chi connectivity index (χ3v) is 7.50. The van der Waals surface area contributed by atoms with Gasteiger partial charge in [0.2, 0.25) is 5.91 Å². The van der Waals surface area contributed by atoms with Crippen molar-refractivity contribution in [1.82, 2.24) is 10.2 Å². The second-order valence-electron chi connectivity index (χ2n) is 9.96. The number of ether oxygens (including phenoxy) is 2. The van der Waals surface area contributed by atoms with E-state index in [1.54, 1.807) is 14.2 Å². The van der Waals surface area contributed by atoms with Crippen molar-refractivity contribution in [3.8, 4) is 5.75 Å². The molecule has 1 aromatic rings. The monoisotopic (exact) mass is 442 g/mol. The van der Waals surface area contributed by atoms with Gasteiger partial charge in [0.1, 0.15) is 5.75 Å². The quantitative estimate of drug-likeness (QED) is 0.595. The summed E-state index contributed by atoms with van der Waals surface area (Å²) < 4.78 is 10.3. The maximum atomic E-state index is 12.9. The molecule has 174 valence electrons. The Morgan fingerprint density at radius 3 is 2.19 bits per heavy atom. The SMILES string of the molecule is COc1ccc(CN(C)C(=O)COC(=O)CCNC(=O)C23CC4CC(CC(C4)C2)C3)cc1. The number of carbonyl (C=O) groups is 3. The largest absolute Gasteiger partial charge is 0.497 e. The lowest BCUT2D eigenvalue weighted by molar-refractivity contribution is -0.152. The van der Waals surface area contributed by atoms with Gasteiger partial charge in [0.05, 0.1) is 13.5 Å². The molecule has 7 nitrogen and oxygen atoms in total. The third-order valence-electron chi connectivity index (χ3n) is 7.50. The van der Waals surface area contributed by atoms with E-state index in [2.05, 4.69) is 5.32 Å². The molecule has 4 fully saturated rings. The normalized spacial score (nSPS) is 27.6. The van der Waals surface area contributed by atoms with Crippen LogP contribution in [-0.2, 0) is 25.7 Å². The van der Waals surface area contributed by atoms with Crippen molar-refractivity contribution in [2.24, 2.45) is 23.2 Å². The van der Waals surface area contributed by atoms with Crippen molar-refractivity contribution in [3.63, 3.8) is 0 Å². The summed E-state index contributed by atoms with van der Waals surface area (Å²) in [6, 6.07) is 7.46. The molecular formula is C25H34N2O5. The van der Waals surface area contributed by atoms with Crippen LogP contribution in [0.3, 0.4) is 0 Å². The molecule has 0 heterocycles. The van der Waals surface area contributed by atoms with E-state index in [-0.39, 0.29) is 36.8 Å². The molecule has 0 aliphatic heterocycles. The number of amides is 2. The summed E-state index contributed by atoms with van der Waals surface area (Å²) in [5, 5.41) is 2.98. The van der Waals surface area contributed by atoms with Crippen LogP contribution >= 0.6 is 0 Å². The van der Waals surface area contributed by atoms with Crippen molar-refractivity contribution in [2.75, 3.05) is 27.3 Å². The second-order valence-corrected chi connectivity index (χ2v) is 9.96. The fraction of sp³-hybridized carbons (Fsp3) is 0.640. The van der Waals surface area contributed by atoms with Gasteiger partial charge in [0, 0.05) is 25.6 Å². The van der Waals surface area contributed by atoms with E-state index in [0.29, 0.717) is 24.3 Å². The minimum Gasteiger partial charge on any atom is -0.497 e. The Morgan fingerprint density at radius 1 is 1.03 bits per heavy atom. The smallest absolute Gasteiger partial charge is 0.308 e. The van der Waals surface area contributed by atoms with E-state index in [1.807, 2.05) is 24.3 Å². The Morgan fingerprint density at radius 2 is 1.62 bits per heavy atom. The van der Waals surface area contributed by atoms with Crippen LogP contribution in [0, 0.1) is 23.2 Å². The third kappa shape index (κ3) is 5.08. The summed E-state index contributed by atoms with van der Waals surface area (Å²) in [5.74, 6) is 2.24. The van der Waals surface area contributed by atoms with Crippen LogP contribution in [-0.4, -0.2) is 50.0 Å². The first-order valence-electron chi connectivity index (χ1n) is 11.7. The summed E-state index contributed by atoms with van der Waals surface area (Å²) in [7, 11) is 3.28. The Balaban J connectivity index is 1.15. The standard InChI is InChI=1S/C25H34N2O5/c1-27(15-17-3-5-21(31-2)6-4-17)22(28)16-32-23(29)7-8-26-24(30)25-12-18-9-19(13-25)11-20(10-18)14-25/h3-6,18-20H,7-16H2,1-2H3,(H,26,30). The predicted octanol–water partition coefficient (Wildman–Crippen LogP) is 2.92. The molecule has 4 aliphatic carbocycles. The summed E-state index contributed by atoms with van der Waals surface area (Å²) >= 11 is 0. The lowest BCUT2D eigenvalue weighted by Gasteiger charge is -2.55. The number of methoxy groups -OCH3 is 1. The number of carbonyl (C=O) groups excluding carboxylic acids is 3. The van der Waals surface area contributed by atoms with E-state index < -0.39 is 5.97 Å². The van der Waals surface area contributed by atoms with Crippen molar-refractivity contribution >= 4 is 17.8 Å². The maximum absolute atomic E-state index is 12.9. The molecule has 0 unspecified atom stereocenters. The first kappa shape index (κ1) is 22.6. The molecule has 0 saturated heterocycles. The number of nitrogens with one attached hydrogen (secondary N) is 1. The van der Waals surface area contributed by atoms with Crippen LogP contribution in [0.15, 0.2) is 24.3 Å². The summed E-state index contributed by atoms with van der Waals surface area (Å²) in [6.07, 6.45) is 6.96. The Bertz CT molecular complexity index is 815. The average Bonchev–Trinajstić information content (AvgIpc) is 2.77. The van der Waals surface area contributed by atoms with Crippen LogP contribution in [0.2, 0.25) is 0 Å². The fourth-order valence-electron chi connectivity index (χ4n) is 6.27. The Kier molecular flexibility index (Phi) is 6.72. The molecule has 32 heavy (non-hydrogen) atoms. The number of hydrogen-bond donors (Lipinski definition) is 1. The van der Waals surface area contributed by atoms with Gasteiger partial charge in [-0.25, -0.2) is 0 Å². The fourth-order valence-corrected chi connectivity index (χ4v) is 6.27. The van der Waals surface area contributed by atoms with E-state index in [9.17, 15) is 14.4 Å². The average molecular weight is 443 g/mol. The number of nitrogens with zero attached hydrogens (tertiary/aromatic N) is 1. The number of rotatable bonds is 9. The lowest BCUT2D eigenvalue weighted by atomic mass is 9.49. The van der Waals surface area contributed by atoms with Crippen LogP contribution < -0.4 is 10.1 Å². The first-order chi connectivity index (χ1) is 15.4. The van der Waals surface area contributed by atoms with Crippen molar-refractivity contribution in [3.05, 3.63) is 29.8 Å². The van der Waals surface area contributed by atoms with Gasteiger partial charge < -0.3 is 19.7 Å². The lowest BCUT2D eigenvalue weighted by Crippen LogP contribution is -2.53. The van der Waals surface area contributed by atoms with Crippen molar-refractivity contribution in [2.45, 2.75) is 51.5 Å². The molecule has 5 rings (SSSR count). The number of hydrogen-bond acceptors (Lipinski definition) is 5. The highest BCUT2D eigenvalue weighted by Crippen LogP contribution is 2.60. The van der Waals surface area contributed by atoms with Crippen LogP contribution in [0.25, 0.3) is 0 Å². The first-order valence-corrected chi connectivity index (χ1v) is 11.7. The van der Waals surface area contributed by atoms with Gasteiger partial charge in [-0.05, 0) is 74.0 Å². The van der Waals surface area contributed by atoms with E-state index in [0.717, 1.165) is 30.6 Å². The number of esters is 1. The zero-order valence-electron chi connectivity index (χ0n) is 19.1. The highest BCUT2D eigenvalue weighted by Gasteiger charge is 2.54. The molecule has 1 N–H and O–H groups in total. The van der Waals surface area contributed by atoms with E-state index in [4.69, 9.17) is 9.47 Å². The zero-order valence-corrected chi connectivity index (χ0v) is 19.1. The Hall–Kier alpha value is -2.57. The van der Waals surface area contributed by atoms with Gasteiger partial charge in [-0.1, -0.05) is 12.1 Å². The van der Waals surface area contributed by atoms with Gasteiger partial charge in [-0.3, -0.25) is 14.4 Å². The molecule has 0 atom stereocenters. The summed E-state index contributed by atoms with van der Waals surface area (Å²) in [4.78, 5) is 38.8. The molecule has 0 spiro atoms. The molecule has 7 heteroatoms. The van der Waals surface area contributed by atoms with Crippen LogP contribution in [0.5, 0.6) is 5.75 Å². The molecule has 2 amide bonds. The van der Waals surface area contributed by atoms with Crippen LogP contribution in [0.4, 0.5) is 0 Å². The van der Waals surface area contributed by atoms with Gasteiger partial charge in [0.25, 0.3) is 5.91 Å². The molecule has 4 bridgehead atoms. The van der Waals surface area contributed by atoms with Gasteiger partial charge in [-0.15, -0.1) is 0 Å². The zero-order chi connectivity index (χ0) is 22.7. The summed E-state index contributed by atoms with van der Waals surface area (Å²) in [5.41, 5.74) is 0.749. The van der Waals surface area contributed by atoms with Gasteiger partial charge >= 0.3 is 5.97 Å².